The highest BCUT2D eigenvalue weighted by Gasteiger charge is 2.49. The molecule has 0 saturated carbocycles. The number of hydrogen-bond donors (Lipinski definition) is 1. The van der Waals surface area contributed by atoms with E-state index in [9.17, 15) is 24.0 Å². The topological polar surface area (TPSA) is 125 Å². The molecule has 0 spiro atoms. The van der Waals surface area contributed by atoms with Crippen molar-refractivity contribution in [3.63, 3.8) is 0 Å². The molecule has 34 heavy (non-hydrogen) atoms. The average Bonchev–Trinajstić information content (AvgIpc) is 3.35. The molecule has 0 aliphatic heterocycles. The Labute approximate surface area is 201 Å². The van der Waals surface area contributed by atoms with Gasteiger partial charge in [-0.25, -0.2) is 14.4 Å². The number of thiophene rings is 1. The summed E-state index contributed by atoms with van der Waals surface area (Å²) < 4.78 is 15.1. The largest absolute Gasteiger partial charge is 0.464 e. The summed E-state index contributed by atoms with van der Waals surface area (Å²) in [5.74, 6) is -3.32. The summed E-state index contributed by atoms with van der Waals surface area (Å²) in [6.45, 7) is 4.03. The lowest BCUT2D eigenvalue weighted by molar-refractivity contribution is -0.168. The fourth-order valence-electron chi connectivity index (χ4n) is 3.13. The van der Waals surface area contributed by atoms with Crippen LogP contribution in [0.25, 0.3) is 0 Å². The molecule has 0 atom stereocenters. The molecule has 0 unspecified atom stereocenters. The van der Waals surface area contributed by atoms with Gasteiger partial charge in [-0.2, -0.15) is 0 Å². The fourth-order valence-corrected chi connectivity index (χ4v) is 3.75. The molecule has 0 aliphatic rings. The molecule has 10 heteroatoms. The second kappa shape index (κ2) is 12.6. The maximum atomic E-state index is 12.7. The van der Waals surface area contributed by atoms with Crippen LogP contribution in [0.3, 0.4) is 0 Å². The predicted octanol–water partition coefficient (Wildman–Crippen LogP) is 2.72. The highest BCUT2D eigenvalue weighted by molar-refractivity contribution is 7.11. The lowest BCUT2D eigenvalue weighted by Gasteiger charge is -2.29. The first-order valence-corrected chi connectivity index (χ1v) is 11.6. The van der Waals surface area contributed by atoms with Crippen molar-refractivity contribution < 1.29 is 38.2 Å². The van der Waals surface area contributed by atoms with Gasteiger partial charge in [0.1, 0.15) is 4.88 Å². The first-order valence-electron chi connectivity index (χ1n) is 10.7. The number of amides is 1. The normalized spacial score (nSPS) is 10.8. The van der Waals surface area contributed by atoms with Crippen molar-refractivity contribution in [1.82, 2.24) is 5.32 Å². The Morgan fingerprint density at radius 2 is 1.53 bits per heavy atom. The smallest absolute Gasteiger partial charge is 0.348 e. The molecular weight excluding hydrogens is 462 g/mol. The van der Waals surface area contributed by atoms with E-state index in [1.54, 1.807) is 55.6 Å². The van der Waals surface area contributed by atoms with Crippen LogP contribution in [0, 0.1) is 0 Å². The van der Waals surface area contributed by atoms with Crippen LogP contribution >= 0.6 is 11.3 Å². The average molecular weight is 490 g/mol. The molecule has 2 aromatic rings. The van der Waals surface area contributed by atoms with Crippen molar-refractivity contribution in [2.45, 2.75) is 39.2 Å². The van der Waals surface area contributed by atoms with Gasteiger partial charge in [-0.05, 0) is 43.7 Å². The Kier molecular flexibility index (Phi) is 9.93. The lowest BCUT2D eigenvalue weighted by Crippen LogP contribution is -2.61. The van der Waals surface area contributed by atoms with Gasteiger partial charge in [-0.15, -0.1) is 11.3 Å². The number of esters is 3. The van der Waals surface area contributed by atoms with Gasteiger partial charge in [0.15, 0.2) is 12.4 Å². The zero-order valence-electron chi connectivity index (χ0n) is 19.3. The highest BCUT2D eigenvalue weighted by atomic mass is 32.1. The van der Waals surface area contributed by atoms with Crippen molar-refractivity contribution in [3.05, 3.63) is 57.8 Å². The number of carbonyl (C=O) groups excluding carboxylic acids is 5. The predicted molar refractivity (Wildman–Crippen MR) is 124 cm³/mol. The molecule has 1 aromatic heterocycles. The molecule has 2 rings (SSSR count). The van der Waals surface area contributed by atoms with Crippen LogP contribution in [0.4, 0.5) is 0 Å². The zero-order valence-corrected chi connectivity index (χ0v) is 20.1. The maximum Gasteiger partial charge on any atom is 0.348 e. The summed E-state index contributed by atoms with van der Waals surface area (Å²) in [6, 6.07) is 9.76. The summed E-state index contributed by atoms with van der Waals surface area (Å²) in [4.78, 5) is 61.8. The van der Waals surface area contributed by atoms with Gasteiger partial charge in [-0.3, -0.25) is 9.59 Å². The van der Waals surface area contributed by atoms with E-state index in [0.717, 1.165) is 0 Å². The van der Waals surface area contributed by atoms with Crippen molar-refractivity contribution >= 4 is 40.9 Å². The second-order valence-corrected chi connectivity index (χ2v) is 8.15. The molecule has 0 saturated heterocycles. The Morgan fingerprint density at radius 1 is 0.912 bits per heavy atom. The third kappa shape index (κ3) is 6.98. The molecular formula is C24H27NO8S. The number of rotatable bonds is 12. The van der Waals surface area contributed by atoms with Crippen LogP contribution in [-0.2, 0) is 35.0 Å². The standard InChI is InChI=1S/C24H27NO8S/c1-4-31-22(29)24(25-16(3)26,23(30)32-5-2)13-12-17-8-10-18(11-9-17)19(27)15-33-21(28)20-7-6-14-34-20/h6-11,14H,4-5,12-13,15H2,1-3H3,(H,25,26). The van der Waals surface area contributed by atoms with E-state index in [0.29, 0.717) is 16.0 Å². The van der Waals surface area contributed by atoms with E-state index in [2.05, 4.69) is 5.32 Å². The Morgan fingerprint density at radius 3 is 2.03 bits per heavy atom. The van der Waals surface area contributed by atoms with Gasteiger partial charge in [0.2, 0.25) is 11.4 Å². The van der Waals surface area contributed by atoms with E-state index in [1.165, 1.54) is 18.3 Å². The molecule has 1 amide bonds. The monoisotopic (exact) mass is 489 g/mol. The molecule has 1 heterocycles. The number of carbonyl (C=O) groups is 5. The van der Waals surface area contributed by atoms with Crippen LogP contribution in [0.2, 0.25) is 0 Å². The summed E-state index contributed by atoms with van der Waals surface area (Å²) >= 11 is 1.22. The zero-order chi connectivity index (χ0) is 25.1. The van der Waals surface area contributed by atoms with Crippen LogP contribution in [0.5, 0.6) is 0 Å². The Hall–Kier alpha value is -3.53. The van der Waals surface area contributed by atoms with E-state index < -0.39 is 36.0 Å². The number of aryl methyl sites for hydroxylation is 1. The van der Waals surface area contributed by atoms with Crippen molar-refractivity contribution in [3.8, 4) is 0 Å². The number of nitrogens with one attached hydrogen (secondary N) is 1. The number of benzene rings is 1. The van der Waals surface area contributed by atoms with Crippen molar-refractivity contribution in [2.75, 3.05) is 19.8 Å². The molecule has 1 aromatic carbocycles. The van der Waals surface area contributed by atoms with Gasteiger partial charge in [0, 0.05) is 12.5 Å². The minimum Gasteiger partial charge on any atom is -0.464 e. The van der Waals surface area contributed by atoms with E-state index >= 15 is 0 Å². The Balaban J connectivity index is 2.09. The van der Waals surface area contributed by atoms with Crippen LogP contribution in [0.1, 0.15) is 52.8 Å². The molecule has 0 aliphatic carbocycles. The van der Waals surface area contributed by atoms with Crippen molar-refractivity contribution in [2.24, 2.45) is 0 Å². The molecule has 9 nitrogen and oxygen atoms in total. The van der Waals surface area contributed by atoms with Gasteiger partial charge in [0.05, 0.1) is 13.2 Å². The SMILES string of the molecule is CCOC(=O)C(CCc1ccc(C(=O)COC(=O)c2cccs2)cc1)(NC(C)=O)C(=O)OCC. The quantitative estimate of drug-likeness (QED) is 0.209. The summed E-state index contributed by atoms with van der Waals surface area (Å²) in [6.07, 6.45) is 0.107. The first-order chi connectivity index (χ1) is 16.2. The third-order valence-corrected chi connectivity index (χ3v) is 5.61. The number of ketones is 1. The van der Waals surface area contributed by atoms with E-state index in [-0.39, 0.29) is 31.8 Å². The first kappa shape index (κ1) is 26.7. The van der Waals surface area contributed by atoms with Gasteiger partial charge < -0.3 is 19.5 Å². The molecule has 182 valence electrons. The summed E-state index contributed by atoms with van der Waals surface area (Å²) in [5, 5.41) is 4.15. The van der Waals surface area contributed by atoms with Gasteiger partial charge in [-0.1, -0.05) is 30.3 Å². The molecule has 0 radical (unpaired) electrons. The molecule has 0 fully saturated rings. The van der Waals surface area contributed by atoms with Crippen LogP contribution < -0.4 is 5.32 Å². The number of ether oxygens (including phenoxy) is 3. The third-order valence-electron chi connectivity index (χ3n) is 4.76. The van der Waals surface area contributed by atoms with Crippen molar-refractivity contribution in [1.29, 1.82) is 0 Å². The lowest BCUT2D eigenvalue weighted by atomic mass is 9.90. The second-order valence-electron chi connectivity index (χ2n) is 7.20. The molecule has 0 bridgehead atoms. The van der Waals surface area contributed by atoms with Crippen LogP contribution in [-0.4, -0.2) is 55.0 Å². The van der Waals surface area contributed by atoms with Crippen LogP contribution in [0.15, 0.2) is 41.8 Å². The molecule has 1 N–H and O–H groups in total. The number of Topliss-reactive ketones (excluding diaryl/α,β-unsaturated/α-hetero) is 1. The summed E-state index contributed by atoms with van der Waals surface area (Å²) in [7, 11) is 0. The minimum atomic E-state index is -1.98. The maximum absolute atomic E-state index is 12.7. The number of hydrogen-bond acceptors (Lipinski definition) is 9. The van der Waals surface area contributed by atoms with Gasteiger partial charge in [0.25, 0.3) is 0 Å². The fraction of sp³-hybridized carbons (Fsp3) is 0.375. The van der Waals surface area contributed by atoms with E-state index in [4.69, 9.17) is 14.2 Å². The Bertz CT molecular complexity index is 996. The highest BCUT2D eigenvalue weighted by Crippen LogP contribution is 2.20. The van der Waals surface area contributed by atoms with E-state index in [1.807, 2.05) is 0 Å². The summed E-state index contributed by atoms with van der Waals surface area (Å²) in [5.41, 5.74) is -0.940. The minimum absolute atomic E-state index is 0.0213. The van der Waals surface area contributed by atoms with Gasteiger partial charge >= 0.3 is 17.9 Å².